The van der Waals surface area contributed by atoms with Crippen LogP contribution in [0.5, 0.6) is 0 Å². The van der Waals surface area contributed by atoms with Crippen LogP contribution in [0.3, 0.4) is 0 Å². The molecule has 146 valence electrons. The van der Waals surface area contributed by atoms with Gasteiger partial charge in [-0.05, 0) is 63.1 Å². The van der Waals surface area contributed by atoms with Gasteiger partial charge in [-0.1, -0.05) is 6.42 Å². The van der Waals surface area contributed by atoms with Gasteiger partial charge in [0.25, 0.3) is 0 Å². The Morgan fingerprint density at radius 3 is 1.86 bits per heavy atom. The summed E-state index contributed by atoms with van der Waals surface area (Å²) in [6.07, 6.45) is 2.73. The molecule has 2 aromatic carbocycles. The van der Waals surface area contributed by atoms with Crippen LogP contribution in [0.4, 0.5) is 0 Å². The molecule has 2 N–H and O–H groups in total. The number of nitrogens with one attached hydrogen (secondary N) is 1. The molecule has 1 aromatic heterocycles. The molecule has 0 spiro atoms. The van der Waals surface area contributed by atoms with Gasteiger partial charge in [-0.25, -0.2) is 5.48 Å². The van der Waals surface area contributed by atoms with Crippen molar-refractivity contribution in [3.05, 3.63) is 47.5 Å². The van der Waals surface area contributed by atoms with E-state index in [1.165, 1.54) is 0 Å². The Morgan fingerprint density at radius 2 is 1.39 bits per heavy atom. The van der Waals surface area contributed by atoms with E-state index in [9.17, 15) is 14.4 Å². The summed E-state index contributed by atoms with van der Waals surface area (Å²) in [7, 11) is 0. The predicted molar refractivity (Wildman–Crippen MR) is 108 cm³/mol. The van der Waals surface area contributed by atoms with Crippen molar-refractivity contribution in [1.29, 1.82) is 0 Å². The summed E-state index contributed by atoms with van der Waals surface area (Å²) in [5.41, 5.74) is 4.99. The number of Topliss-reactive ketones (excluding diaryl/α,β-unsaturated/α-hetero) is 2. The van der Waals surface area contributed by atoms with E-state index in [2.05, 4.69) is 4.57 Å². The van der Waals surface area contributed by atoms with Gasteiger partial charge >= 0.3 is 0 Å². The number of hydrogen-bond acceptors (Lipinski definition) is 4. The number of aryl methyl sites for hydroxylation is 1. The van der Waals surface area contributed by atoms with Crippen LogP contribution in [-0.2, 0) is 11.3 Å². The predicted octanol–water partition coefficient (Wildman–Crippen LogP) is 4.27. The fraction of sp³-hybridized carbons (Fsp3) is 0.318. The van der Waals surface area contributed by atoms with Crippen LogP contribution in [0, 0.1) is 0 Å². The number of hydrogen-bond donors (Lipinski definition) is 2. The number of fused-ring (bicyclic) bond motifs is 3. The van der Waals surface area contributed by atoms with Crippen molar-refractivity contribution in [3.63, 3.8) is 0 Å². The molecule has 0 aliphatic heterocycles. The third-order valence-corrected chi connectivity index (χ3v) is 5.09. The van der Waals surface area contributed by atoms with E-state index in [0.717, 1.165) is 41.2 Å². The summed E-state index contributed by atoms with van der Waals surface area (Å²) in [5.74, 6) is -0.356. The summed E-state index contributed by atoms with van der Waals surface area (Å²) >= 11 is 0. The smallest absolute Gasteiger partial charge is 0.243 e. The van der Waals surface area contributed by atoms with E-state index in [-0.39, 0.29) is 17.5 Å². The Hall–Kier alpha value is -2.99. The number of hydroxylamine groups is 1. The Morgan fingerprint density at radius 1 is 0.857 bits per heavy atom. The molecule has 0 aliphatic carbocycles. The number of nitrogens with zero attached hydrogens (tertiary/aromatic N) is 1. The monoisotopic (exact) mass is 380 g/mol. The number of amides is 1. The highest BCUT2D eigenvalue weighted by molar-refractivity contribution is 6.12. The van der Waals surface area contributed by atoms with Crippen LogP contribution in [0.1, 0.15) is 60.2 Å². The first-order valence-corrected chi connectivity index (χ1v) is 9.43. The average molecular weight is 380 g/mol. The highest BCUT2D eigenvalue weighted by atomic mass is 16.5. The third kappa shape index (κ3) is 3.97. The van der Waals surface area contributed by atoms with Crippen molar-refractivity contribution in [3.8, 4) is 0 Å². The zero-order valence-corrected chi connectivity index (χ0v) is 16.1. The summed E-state index contributed by atoms with van der Waals surface area (Å²) in [5, 5.41) is 10.5. The van der Waals surface area contributed by atoms with E-state index < -0.39 is 0 Å². The molecule has 6 nitrogen and oxygen atoms in total. The maximum absolute atomic E-state index is 11.8. The van der Waals surface area contributed by atoms with Crippen molar-refractivity contribution >= 4 is 39.3 Å². The van der Waals surface area contributed by atoms with Gasteiger partial charge in [0.05, 0.1) is 0 Å². The van der Waals surface area contributed by atoms with Crippen LogP contribution in [0.2, 0.25) is 0 Å². The Bertz CT molecular complexity index is 994. The summed E-state index contributed by atoms with van der Waals surface area (Å²) in [4.78, 5) is 34.7. The molecule has 0 unspecified atom stereocenters. The molecule has 28 heavy (non-hydrogen) atoms. The van der Waals surface area contributed by atoms with Gasteiger partial charge < -0.3 is 4.57 Å². The second-order valence-electron chi connectivity index (χ2n) is 7.07. The maximum atomic E-state index is 11.8. The Labute approximate surface area is 163 Å². The number of rotatable bonds is 8. The number of ketones is 2. The van der Waals surface area contributed by atoms with Gasteiger partial charge in [0.1, 0.15) is 0 Å². The Kier molecular flexibility index (Phi) is 5.90. The van der Waals surface area contributed by atoms with Gasteiger partial charge in [-0.2, -0.15) is 0 Å². The lowest BCUT2D eigenvalue weighted by Gasteiger charge is -2.08. The van der Waals surface area contributed by atoms with Crippen molar-refractivity contribution < 1.29 is 19.6 Å². The number of benzene rings is 2. The van der Waals surface area contributed by atoms with Crippen LogP contribution >= 0.6 is 0 Å². The first-order valence-electron chi connectivity index (χ1n) is 9.43. The lowest BCUT2D eigenvalue weighted by molar-refractivity contribution is -0.129. The van der Waals surface area contributed by atoms with E-state index in [1.807, 2.05) is 36.4 Å². The number of unbranched alkanes of at least 4 members (excludes halogenated alkanes) is 2. The van der Waals surface area contributed by atoms with Crippen molar-refractivity contribution in [2.45, 2.75) is 46.1 Å². The highest BCUT2D eigenvalue weighted by Gasteiger charge is 2.14. The van der Waals surface area contributed by atoms with Gasteiger partial charge in [0.2, 0.25) is 5.91 Å². The zero-order chi connectivity index (χ0) is 20.3. The second kappa shape index (κ2) is 8.35. The lowest BCUT2D eigenvalue weighted by atomic mass is 10.0. The number of carbonyl (C=O) groups is 3. The standard InChI is InChI=1S/C22H24N2O4/c1-14(25)16-7-9-20-18(12-16)19-13-17(15(2)26)8-10-21(19)24(20)11-5-3-4-6-22(27)23-28/h7-10,12-13,28H,3-6,11H2,1-2H3,(H,23,27). The van der Waals surface area contributed by atoms with Crippen molar-refractivity contribution in [2.75, 3.05) is 0 Å². The third-order valence-electron chi connectivity index (χ3n) is 5.09. The van der Waals surface area contributed by atoms with Crippen LogP contribution in [0.15, 0.2) is 36.4 Å². The van der Waals surface area contributed by atoms with E-state index >= 15 is 0 Å². The molecule has 1 amide bonds. The number of aromatic nitrogens is 1. The fourth-order valence-corrected chi connectivity index (χ4v) is 3.57. The van der Waals surface area contributed by atoms with E-state index in [4.69, 9.17) is 5.21 Å². The van der Waals surface area contributed by atoms with Gasteiger partial charge in [-0.3, -0.25) is 19.6 Å². The lowest BCUT2D eigenvalue weighted by Crippen LogP contribution is -2.17. The van der Waals surface area contributed by atoms with Gasteiger partial charge in [0.15, 0.2) is 11.6 Å². The van der Waals surface area contributed by atoms with E-state index in [1.54, 1.807) is 19.3 Å². The summed E-state index contributed by atoms with van der Waals surface area (Å²) in [6, 6.07) is 11.4. The molecular weight excluding hydrogens is 356 g/mol. The van der Waals surface area contributed by atoms with Crippen LogP contribution in [-0.4, -0.2) is 27.2 Å². The quantitative estimate of drug-likeness (QED) is 0.264. The molecule has 3 rings (SSSR count). The Balaban J connectivity index is 1.96. The topological polar surface area (TPSA) is 88.4 Å². The zero-order valence-electron chi connectivity index (χ0n) is 16.1. The van der Waals surface area contributed by atoms with Crippen molar-refractivity contribution in [1.82, 2.24) is 10.0 Å². The molecule has 0 saturated carbocycles. The second-order valence-corrected chi connectivity index (χ2v) is 7.07. The molecule has 0 saturated heterocycles. The minimum Gasteiger partial charge on any atom is -0.340 e. The average Bonchev–Trinajstić information content (AvgIpc) is 2.99. The van der Waals surface area contributed by atoms with Crippen molar-refractivity contribution in [2.24, 2.45) is 0 Å². The maximum Gasteiger partial charge on any atom is 0.243 e. The molecular formula is C22H24N2O4. The molecule has 0 atom stereocenters. The van der Waals surface area contributed by atoms with Gasteiger partial charge in [-0.15, -0.1) is 0 Å². The SMILES string of the molecule is CC(=O)c1ccc2c(c1)c1cc(C(C)=O)ccc1n2CCCCCC(=O)NO. The number of carbonyl (C=O) groups excluding carboxylic acids is 3. The molecule has 6 heteroatoms. The first-order chi connectivity index (χ1) is 13.4. The van der Waals surface area contributed by atoms with E-state index in [0.29, 0.717) is 24.0 Å². The largest absolute Gasteiger partial charge is 0.340 e. The summed E-state index contributed by atoms with van der Waals surface area (Å²) in [6.45, 7) is 3.85. The summed E-state index contributed by atoms with van der Waals surface area (Å²) < 4.78 is 2.20. The van der Waals surface area contributed by atoms with Crippen LogP contribution < -0.4 is 5.48 Å². The first kappa shape index (κ1) is 19.8. The molecule has 0 aliphatic rings. The normalized spacial score (nSPS) is 11.1. The fourth-order valence-electron chi connectivity index (χ4n) is 3.57. The molecule has 3 aromatic rings. The molecule has 0 fully saturated rings. The minimum atomic E-state index is -0.370. The van der Waals surface area contributed by atoms with Gasteiger partial charge in [0, 0.05) is 45.9 Å². The van der Waals surface area contributed by atoms with Crippen LogP contribution in [0.25, 0.3) is 21.8 Å². The minimum absolute atomic E-state index is 0.00711. The highest BCUT2D eigenvalue weighted by Crippen LogP contribution is 2.31. The molecule has 0 bridgehead atoms. The molecule has 1 heterocycles. The molecule has 0 radical (unpaired) electrons.